The van der Waals surface area contributed by atoms with Crippen molar-refractivity contribution >= 4 is 52.0 Å². The maximum Gasteiger partial charge on any atom is 0.248 e. The zero-order valence-corrected chi connectivity index (χ0v) is 14.7. The van der Waals surface area contributed by atoms with Gasteiger partial charge >= 0.3 is 0 Å². The van der Waals surface area contributed by atoms with Crippen LogP contribution in [0.15, 0.2) is 35.1 Å². The van der Waals surface area contributed by atoms with Gasteiger partial charge in [0.1, 0.15) is 6.33 Å². The molecule has 1 unspecified atom stereocenters. The van der Waals surface area contributed by atoms with E-state index in [-0.39, 0.29) is 24.4 Å². The number of aromatic nitrogens is 3. The number of halogens is 2. The average molecular weight is 405 g/mol. The van der Waals surface area contributed by atoms with Crippen molar-refractivity contribution in [2.24, 2.45) is 0 Å². The fraction of sp³-hybridized carbons (Fsp3) is 0.308. The van der Waals surface area contributed by atoms with Gasteiger partial charge in [0.25, 0.3) is 0 Å². The van der Waals surface area contributed by atoms with Crippen LogP contribution in [0.3, 0.4) is 0 Å². The summed E-state index contributed by atoms with van der Waals surface area (Å²) in [6, 6.07) is 7.84. The summed E-state index contributed by atoms with van der Waals surface area (Å²) >= 11 is 5.15. The van der Waals surface area contributed by atoms with Gasteiger partial charge in [-0.25, -0.2) is 9.67 Å². The molecule has 1 amide bonds. The lowest BCUT2D eigenvalue weighted by molar-refractivity contribution is -0.117. The number of carbonyl (C=O) groups excluding carboxylic acids is 1. The molecule has 9 heteroatoms. The Morgan fingerprint density at radius 3 is 3.14 bits per heavy atom. The molecule has 1 aromatic carbocycles. The van der Waals surface area contributed by atoms with Crippen LogP contribution in [0.2, 0.25) is 0 Å². The molecule has 2 aromatic rings. The molecular weight excluding hydrogens is 390 g/mol. The summed E-state index contributed by atoms with van der Waals surface area (Å²) in [5.74, 6) is 1.85. The first-order valence-electron chi connectivity index (χ1n) is 6.46. The van der Waals surface area contributed by atoms with Crippen molar-refractivity contribution < 1.29 is 4.79 Å². The normalized spacial score (nSPS) is 17.0. The lowest BCUT2D eigenvalue weighted by atomic mass is 10.2. The summed E-state index contributed by atoms with van der Waals surface area (Å²) in [7, 11) is 0. The van der Waals surface area contributed by atoms with Crippen LogP contribution < -0.4 is 10.6 Å². The first-order valence-corrected chi connectivity index (χ1v) is 8.41. The second-order valence-corrected chi connectivity index (χ2v) is 6.60. The molecule has 3 rings (SSSR count). The molecule has 118 valence electrons. The largest absolute Gasteiger partial charge is 0.296 e. The van der Waals surface area contributed by atoms with E-state index in [1.165, 1.54) is 0 Å². The highest BCUT2D eigenvalue weighted by Crippen LogP contribution is 2.13. The lowest BCUT2D eigenvalue weighted by Crippen LogP contribution is -2.37. The van der Waals surface area contributed by atoms with Gasteiger partial charge < -0.3 is 0 Å². The van der Waals surface area contributed by atoms with E-state index in [0.717, 1.165) is 21.7 Å². The number of hydrogen-bond acceptors (Lipinski definition) is 5. The maximum absolute atomic E-state index is 11.9. The van der Waals surface area contributed by atoms with Crippen molar-refractivity contribution in [1.29, 1.82) is 0 Å². The van der Waals surface area contributed by atoms with E-state index in [9.17, 15) is 4.79 Å². The Morgan fingerprint density at radius 2 is 2.41 bits per heavy atom. The van der Waals surface area contributed by atoms with Crippen LogP contribution >= 0.6 is 40.1 Å². The molecule has 0 bridgehead atoms. The molecule has 0 saturated carbocycles. The SMILES string of the molecule is Cl.O=C(Nc1ncn(Cc2cccc(Br)c2)n1)C1CSCN1. The molecule has 1 fully saturated rings. The molecule has 1 aliphatic rings. The van der Waals surface area contributed by atoms with Gasteiger partial charge in [-0.2, -0.15) is 0 Å². The Labute approximate surface area is 147 Å². The lowest BCUT2D eigenvalue weighted by Gasteiger charge is -2.07. The van der Waals surface area contributed by atoms with Crippen LogP contribution in [-0.2, 0) is 11.3 Å². The number of amides is 1. The fourth-order valence-corrected chi connectivity index (χ4v) is 3.40. The van der Waals surface area contributed by atoms with Crippen LogP contribution in [0.4, 0.5) is 5.95 Å². The number of hydrogen-bond donors (Lipinski definition) is 2. The van der Waals surface area contributed by atoms with Gasteiger partial charge in [0.05, 0.1) is 12.6 Å². The van der Waals surface area contributed by atoms with Crippen LogP contribution in [0.25, 0.3) is 0 Å². The summed E-state index contributed by atoms with van der Waals surface area (Å²) in [6.45, 7) is 0.611. The van der Waals surface area contributed by atoms with Gasteiger partial charge in [-0.3, -0.25) is 15.4 Å². The van der Waals surface area contributed by atoms with Crippen molar-refractivity contribution in [1.82, 2.24) is 20.1 Å². The molecular formula is C13H15BrClN5OS. The molecule has 1 atom stereocenters. The van der Waals surface area contributed by atoms with Gasteiger partial charge in [0.2, 0.25) is 11.9 Å². The third-order valence-electron chi connectivity index (χ3n) is 3.04. The average Bonchev–Trinajstić information content (AvgIpc) is 3.10. The van der Waals surface area contributed by atoms with E-state index in [2.05, 4.69) is 36.6 Å². The molecule has 22 heavy (non-hydrogen) atoms. The summed E-state index contributed by atoms with van der Waals surface area (Å²) in [5, 5.41) is 10.1. The van der Waals surface area contributed by atoms with Gasteiger partial charge in [-0.1, -0.05) is 28.1 Å². The van der Waals surface area contributed by atoms with E-state index >= 15 is 0 Å². The van der Waals surface area contributed by atoms with E-state index in [4.69, 9.17) is 0 Å². The smallest absolute Gasteiger partial charge is 0.248 e. The predicted octanol–water partition coefficient (Wildman–Crippen LogP) is 2.11. The van der Waals surface area contributed by atoms with Gasteiger partial charge in [-0.15, -0.1) is 29.3 Å². The standard InChI is InChI=1S/C13H14BrN5OS.ClH/c14-10-3-1-2-9(4-10)5-19-7-15-13(18-19)17-12(20)11-6-21-8-16-11;/h1-4,7,11,16H,5-6,8H2,(H,17,18,20);1H. The van der Waals surface area contributed by atoms with Crippen LogP contribution in [0, 0.1) is 0 Å². The van der Waals surface area contributed by atoms with Crippen LogP contribution in [0.1, 0.15) is 5.56 Å². The van der Waals surface area contributed by atoms with Crippen molar-refractivity contribution in [3.05, 3.63) is 40.6 Å². The number of carbonyl (C=O) groups is 1. The molecule has 0 aliphatic carbocycles. The fourth-order valence-electron chi connectivity index (χ4n) is 2.01. The third-order valence-corrected chi connectivity index (χ3v) is 4.47. The monoisotopic (exact) mass is 403 g/mol. The molecule has 2 heterocycles. The highest BCUT2D eigenvalue weighted by molar-refractivity contribution is 9.10. The van der Waals surface area contributed by atoms with Crippen molar-refractivity contribution in [3.8, 4) is 0 Å². The van der Waals surface area contributed by atoms with Crippen molar-refractivity contribution in [2.45, 2.75) is 12.6 Å². The first kappa shape index (κ1) is 17.3. The number of nitrogens with zero attached hydrogens (tertiary/aromatic N) is 3. The Morgan fingerprint density at radius 1 is 1.55 bits per heavy atom. The predicted molar refractivity (Wildman–Crippen MR) is 93.4 cm³/mol. The third kappa shape index (κ3) is 4.45. The molecule has 0 spiro atoms. The summed E-state index contributed by atoms with van der Waals surface area (Å²) in [5.41, 5.74) is 1.11. The van der Waals surface area contributed by atoms with Crippen LogP contribution in [-0.4, -0.2) is 38.3 Å². The Bertz CT molecular complexity index is 647. The topological polar surface area (TPSA) is 71.8 Å². The van der Waals surface area contributed by atoms with Gasteiger partial charge in [-0.05, 0) is 17.7 Å². The number of nitrogens with one attached hydrogen (secondary N) is 2. The van der Waals surface area contributed by atoms with Crippen molar-refractivity contribution in [3.63, 3.8) is 0 Å². The number of anilines is 1. The number of benzene rings is 1. The Balaban J connectivity index is 0.00000176. The molecule has 1 aliphatic heterocycles. The zero-order valence-electron chi connectivity index (χ0n) is 11.5. The first-order chi connectivity index (χ1) is 10.2. The number of rotatable bonds is 4. The quantitative estimate of drug-likeness (QED) is 0.816. The summed E-state index contributed by atoms with van der Waals surface area (Å²) < 4.78 is 2.73. The molecule has 2 N–H and O–H groups in total. The minimum atomic E-state index is -0.160. The van der Waals surface area contributed by atoms with E-state index in [1.807, 2.05) is 24.3 Å². The molecule has 1 aromatic heterocycles. The van der Waals surface area contributed by atoms with E-state index in [0.29, 0.717) is 12.5 Å². The Kier molecular flexibility index (Phi) is 6.25. The zero-order chi connectivity index (χ0) is 14.7. The summed E-state index contributed by atoms with van der Waals surface area (Å²) in [4.78, 5) is 16.1. The van der Waals surface area contributed by atoms with Crippen molar-refractivity contribution in [2.75, 3.05) is 16.9 Å². The number of thioether (sulfide) groups is 1. The second-order valence-electron chi connectivity index (χ2n) is 4.66. The summed E-state index contributed by atoms with van der Waals surface area (Å²) in [6.07, 6.45) is 1.62. The van der Waals surface area contributed by atoms with Crippen LogP contribution in [0.5, 0.6) is 0 Å². The van der Waals surface area contributed by atoms with E-state index < -0.39 is 0 Å². The van der Waals surface area contributed by atoms with E-state index in [1.54, 1.807) is 22.8 Å². The minimum absolute atomic E-state index is 0. The van der Waals surface area contributed by atoms with Gasteiger partial charge in [0.15, 0.2) is 0 Å². The maximum atomic E-state index is 11.9. The second kappa shape index (κ2) is 7.96. The van der Waals surface area contributed by atoms with Gasteiger partial charge in [0, 0.05) is 16.1 Å². The highest BCUT2D eigenvalue weighted by Gasteiger charge is 2.23. The Hall–Kier alpha value is -1.09. The molecule has 6 nitrogen and oxygen atoms in total. The highest BCUT2D eigenvalue weighted by atomic mass is 79.9. The molecule has 1 saturated heterocycles. The minimum Gasteiger partial charge on any atom is -0.296 e. The molecule has 0 radical (unpaired) electrons.